The Morgan fingerprint density at radius 3 is 0.635 bits per heavy atom. The molecule has 0 spiro atoms. The van der Waals surface area contributed by atoms with Crippen LogP contribution in [0.3, 0.4) is 0 Å². The van der Waals surface area contributed by atoms with E-state index < -0.39 is 0 Å². The van der Waals surface area contributed by atoms with Crippen LogP contribution in [0.1, 0.15) is 90.4 Å². The normalized spacial score (nSPS) is 20.0. The third kappa shape index (κ3) is 15.6. The molecule has 0 aromatic heterocycles. The summed E-state index contributed by atoms with van der Waals surface area (Å²) in [5.74, 6) is 5.21. The average molecular weight is 1420 g/mol. The molecule has 4 bridgehead atoms. The highest BCUT2D eigenvalue weighted by atomic mass is 16.6. The predicted molar refractivity (Wildman–Crippen MR) is 389 cm³/mol. The molecule has 0 radical (unpaired) electrons. The first kappa shape index (κ1) is 70.7. The van der Waals surface area contributed by atoms with Crippen LogP contribution in [0.5, 0.6) is 57.5 Å². The molecule has 9 aromatic carbocycles. The van der Waals surface area contributed by atoms with E-state index in [1.807, 2.05) is 48.5 Å². The van der Waals surface area contributed by atoms with Crippen LogP contribution in [0.4, 0.5) is 0 Å². The van der Waals surface area contributed by atoms with Crippen molar-refractivity contribution in [3.05, 3.63) is 212 Å². The summed E-state index contributed by atoms with van der Waals surface area (Å²) in [6.07, 6.45) is 0. The van der Waals surface area contributed by atoms with Crippen molar-refractivity contribution in [3.8, 4) is 57.5 Å². The number of ether oxygens (including phenoxy) is 20. The second kappa shape index (κ2) is 34.8. The highest BCUT2D eigenvalue weighted by molar-refractivity contribution is 5.88. The molecule has 17 rings (SSSR count). The lowest BCUT2D eigenvalue weighted by atomic mass is 9.55. The molecular formula is C84H90O20. The SMILES string of the molecule is COCCOc1c2c(c(OCCOC)c3c1C1c4ccccc4C3c3cc4c(cc31)OCCOCCOCCOc1cc3ccccc3cc1OCCOCCOCCO4)C1c3ccccc3C2c2cc3c(cc21)OCCOCCOCCOc1cc2ccccc2cc1OCCOCCOCCO3. The van der Waals surface area contributed by atoms with Crippen molar-refractivity contribution in [1.82, 2.24) is 0 Å². The number of methoxy groups -OCH3 is 2. The molecule has 0 saturated carbocycles. The molecule has 9 aromatic rings. The summed E-state index contributed by atoms with van der Waals surface area (Å²) in [5, 5.41) is 4.22. The second-order valence-corrected chi connectivity index (χ2v) is 25.8. The van der Waals surface area contributed by atoms with E-state index in [1.165, 1.54) is 22.3 Å². The number of benzene rings is 9. The fraction of sp³-hybridized carbons (Fsp3) is 0.405. The first-order valence-electron chi connectivity index (χ1n) is 36.3. The van der Waals surface area contributed by atoms with Crippen molar-refractivity contribution in [2.24, 2.45) is 0 Å². The van der Waals surface area contributed by atoms with E-state index in [2.05, 4.69) is 97.1 Å². The summed E-state index contributed by atoms with van der Waals surface area (Å²) < 4.78 is 127. The van der Waals surface area contributed by atoms with Gasteiger partial charge in [-0.25, -0.2) is 0 Å². The van der Waals surface area contributed by atoms with E-state index >= 15 is 0 Å². The summed E-state index contributed by atoms with van der Waals surface area (Å²) in [5.41, 5.74) is 13.2. The predicted octanol–water partition coefficient (Wildman–Crippen LogP) is 12.6. The van der Waals surface area contributed by atoms with Gasteiger partial charge >= 0.3 is 0 Å². The first-order valence-corrected chi connectivity index (χ1v) is 36.3. The summed E-state index contributed by atoms with van der Waals surface area (Å²) in [4.78, 5) is 0. The average Bonchev–Trinajstić information content (AvgIpc) is 0.664. The van der Waals surface area contributed by atoms with Gasteiger partial charge in [0, 0.05) is 60.1 Å². The van der Waals surface area contributed by atoms with E-state index in [1.54, 1.807) is 14.2 Å². The van der Waals surface area contributed by atoms with Gasteiger partial charge in [-0.05, 0) is 115 Å². The highest BCUT2D eigenvalue weighted by Crippen LogP contribution is 2.69. The minimum atomic E-state index is -0.333. The molecule has 20 nitrogen and oxygen atoms in total. The maximum Gasteiger partial charge on any atom is 0.161 e. The number of rotatable bonds is 8. The molecule has 4 unspecified atom stereocenters. The third-order valence-corrected chi connectivity index (χ3v) is 19.6. The van der Waals surface area contributed by atoms with Gasteiger partial charge in [-0.3, -0.25) is 0 Å². The Morgan fingerprint density at radius 1 is 0.231 bits per heavy atom. The van der Waals surface area contributed by atoms with Crippen LogP contribution in [-0.4, -0.2) is 199 Å². The molecular weight excluding hydrogens is 1330 g/mol. The van der Waals surface area contributed by atoms with Crippen molar-refractivity contribution < 1.29 is 94.7 Å². The molecule has 104 heavy (non-hydrogen) atoms. The van der Waals surface area contributed by atoms with E-state index in [0.29, 0.717) is 205 Å². The fourth-order valence-electron chi connectivity index (χ4n) is 15.1. The van der Waals surface area contributed by atoms with Gasteiger partial charge in [-0.1, -0.05) is 97.1 Å². The molecule has 6 aliphatic carbocycles. The molecule has 0 amide bonds. The maximum atomic E-state index is 7.41. The first-order chi connectivity index (χ1) is 51.6. The summed E-state index contributed by atoms with van der Waals surface area (Å²) in [7, 11) is 3.41. The van der Waals surface area contributed by atoms with Gasteiger partial charge in [-0.15, -0.1) is 0 Å². The van der Waals surface area contributed by atoms with Gasteiger partial charge in [-0.2, -0.15) is 0 Å². The lowest BCUT2D eigenvalue weighted by molar-refractivity contribution is 0.0223. The second-order valence-electron chi connectivity index (χ2n) is 25.8. The summed E-state index contributed by atoms with van der Waals surface area (Å²) in [6.45, 7) is 9.28. The van der Waals surface area contributed by atoms with E-state index in [9.17, 15) is 0 Å². The van der Waals surface area contributed by atoms with Crippen LogP contribution in [0.25, 0.3) is 21.5 Å². The van der Waals surface area contributed by atoms with Crippen molar-refractivity contribution in [1.29, 1.82) is 0 Å². The number of fused-ring (bicyclic) bond motifs is 6. The lowest BCUT2D eigenvalue weighted by Crippen LogP contribution is -2.34. The third-order valence-electron chi connectivity index (χ3n) is 19.6. The van der Waals surface area contributed by atoms with Gasteiger partial charge in [0.25, 0.3) is 0 Å². The van der Waals surface area contributed by atoms with Crippen LogP contribution in [-0.2, 0) is 47.4 Å². The van der Waals surface area contributed by atoms with E-state index in [-0.39, 0.29) is 50.1 Å². The summed E-state index contributed by atoms with van der Waals surface area (Å²) >= 11 is 0. The Bertz CT molecular complexity index is 3850. The van der Waals surface area contributed by atoms with E-state index in [0.717, 1.165) is 77.6 Å². The molecule has 0 saturated heterocycles. The van der Waals surface area contributed by atoms with Gasteiger partial charge in [0.1, 0.15) is 77.6 Å². The van der Waals surface area contributed by atoms with Crippen molar-refractivity contribution in [3.63, 3.8) is 0 Å². The molecule has 4 atom stereocenters. The Hall–Kier alpha value is -8.90. The lowest BCUT2D eigenvalue weighted by Gasteiger charge is -2.49. The molecule has 2 aliphatic heterocycles. The maximum absolute atomic E-state index is 7.41. The van der Waals surface area contributed by atoms with Gasteiger partial charge in [0.2, 0.25) is 0 Å². The monoisotopic (exact) mass is 1420 g/mol. The zero-order valence-corrected chi connectivity index (χ0v) is 59.1. The molecule has 0 N–H and O–H groups in total. The van der Waals surface area contributed by atoms with Crippen LogP contribution in [0.15, 0.2) is 146 Å². The van der Waals surface area contributed by atoms with Crippen molar-refractivity contribution in [2.45, 2.75) is 23.7 Å². The molecule has 2 heterocycles. The van der Waals surface area contributed by atoms with Gasteiger partial charge < -0.3 is 94.7 Å². The Morgan fingerprint density at radius 2 is 0.423 bits per heavy atom. The van der Waals surface area contributed by atoms with Crippen LogP contribution in [0, 0.1) is 0 Å². The smallest absolute Gasteiger partial charge is 0.161 e. The fourth-order valence-corrected chi connectivity index (χ4v) is 15.1. The zero-order chi connectivity index (χ0) is 70.2. The number of hydrogen-bond acceptors (Lipinski definition) is 20. The Balaban J connectivity index is 0.738. The number of hydrogen-bond donors (Lipinski definition) is 0. The van der Waals surface area contributed by atoms with Crippen molar-refractivity contribution in [2.75, 3.05) is 199 Å². The van der Waals surface area contributed by atoms with Gasteiger partial charge in [0.15, 0.2) is 46.0 Å². The highest BCUT2D eigenvalue weighted by Gasteiger charge is 2.53. The zero-order valence-electron chi connectivity index (χ0n) is 59.1. The standard InChI is InChI=1S/C84H90O20/c1-85-19-37-103-83-79-75-59-15-7-9-17-61(59)77(65-53-73-71(51-63(65)75)99-43-33-91-25-21-87-29-39-95-67-47-55-11-3-5-13-57(55)49-69(67)97-41-31-89-23-27-93-35-45-101-73)81(79)84(104-38-20-86-2)82-78-62-18-10-8-16-60(62)76(80(82)83)64-52-72-74(54-66(64)78)102-46-36-94-28-24-90-32-42-98-70-50-58-14-6-4-12-56(58)48-68(70)96-40-30-88-22-26-92-34-44-100-72/h3-18,47-54,75-78H,19-46H2,1-2H3. The van der Waals surface area contributed by atoms with E-state index in [4.69, 9.17) is 94.7 Å². The molecule has 546 valence electrons. The Labute approximate surface area is 606 Å². The van der Waals surface area contributed by atoms with Gasteiger partial charge in [0.05, 0.1) is 119 Å². The Kier molecular flexibility index (Phi) is 23.7. The molecule has 0 fully saturated rings. The largest absolute Gasteiger partial charge is 0.491 e. The quantitative estimate of drug-likeness (QED) is 0.131. The minimum Gasteiger partial charge on any atom is -0.491 e. The topological polar surface area (TPSA) is 185 Å². The molecule has 8 aliphatic rings. The minimum absolute atomic E-state index is 0.252. The van der Waals surface area contributed by atoms with Crippen LogP contribution < -0.4 is 47.4 Å². The van der Waals surface area contributed by atoms with Crippen LogP contribution in [0.2, 0.25) is 0 Å². The van der Waals surface area contributed by atoms with Crippen molar-refractivity contribution >= 4 is 21.5 Å². The molecule has 20 heteroatoms. The summed E-state index contributed by atoms with van der Waals surface area (Å²) in [6, 6.07) is 50.4. The van der Waals surface area contributed by atoms with Crippen LogP contribution >= 0.6 is 0 Å².